The number of carbonyl (C=O) groups excluding carboxylic acids is 1. The van der Waals surface area contributed by atoms with E-state index in [4.69, 9.17) is 27.6 Å². The molecule has 1 saturated carbocycles. The van der Waals surface area contributed by atoms with Gasteiger partial charge in [0.1, 0.15) is 6.26 Å². The lowest BCUT2D eigenvalue weighted by Gasteiger charge is -2.22. The van der Waals surface area contributed by atoms with Crippen LogP contribution in [0.15, 0.2) is 28.9 Å². The van der Waals surface area contributed by atoms with Gasteiger partial charge in [-0.05, 0) is 31.0 Å². The van der Waals surface area contributed by atoms with Gasteiger partial charge in [-0.15, -0.1) is 0 Å². The zero-order valence-electron chi connectivity index (χ0n) is 11.9. The molecule has 1 amide bonds. The van der Waals surface area contributed by atoms with Gasteiger partial charge in [0.15, 0.2) is 5.69 Å². The largest absolute Gasteiger partial charge is 0.444 e. The topological polar surface area (TPSA) is 55.1 Å². The van der Waals surface area contributed by atoms with E-state index in [1.807, 2.05) is 0 Å². The van der Waals surface area contributed by atoms with Gasteiger partial charge >= 0.3 is 0 Å². The van der Waals surface area contributed by atoms with E-state index in [0.29, 0.717) is 21.5 Å². The summed E-state index contributed by atoms with van der Waals surface area (Å²) in [5.41, 5.74) is 0.970. The van der Waals surface area contributed by atoms with E-state index >= 15 is 0 Å². The fourth-order valence-electron chi connectivity index (χ4n) is 2.65. The third-order valence-electron chi connectivity index (χ3n) is 3.84. The molecule has 4 nitrogen and oxygen atoms in total. The Hall–Kier alpha value is -1.52. The van der Waals surface area contributed by atoms with Crippen LogP contribution in [0.25, 0.3) is 11.5 Å². The molecule has 1 aromatic heterocycles. The molecule has 22 heavy (non-hydrogen) atoms. The normalized spacial score (nSPS) is 15.7. The summed E-state index contributed by atoms with van der Waals surface area (Å²) in [6.07, 6.45) is 7.01. The molecule has 0 unspecified atom stereocenters. The first-order chi connectivity index (χ1) is 10.6. The smallest absolute Gasteiger partial charge is 0.273 e. The Kier molecular flexibility index (Phi) is 4.69. The number of hydrogen-bond donors (Lipinski definition) is 1. The fourth-order valence-corrected chi connectivity index (χ4v) is 2.94. The van der Waals surface area contributed by atoms with Crippen molar-refractivity contribution in [2.45, 2.75) is 38.1 Å². The van der Waals surface area contributed by atoms with Crippen LogP contribution in [0.1, 0.15) is 42.6 Å². The molecule has 1 aliphatic rings. The molecule has 1 N–H and O–H groups in total. The minimum absolute atomic E-state index is 0.193. The van der Waals surface area contributed by atoms with Crippen LogP contribution in [0.4, 0.5) is 0 Å². The van der Waals surface area contributed by atoms with E-state index in [9.17, 15) is 4.79 Å². The number of hydrogen-bond acceptors (Lipinski definition) is 3. The summed E-state index contributed by atoms with van der Waals surface area (Å²) in [7, 11) is 0. The standard InChI is InChI=1S/C16H16Cl2N2O2/c17-12-7-6-10(8-13(12)18)16-20-14(9-22-16)15(21)19-11-4-2-1-3-5-11/h6-9,11H,1-5H2,(H,19,21). The van der Waals surface area contributed by atoms with E-state index in [2.05, 4.69) is 10.3 Å². The number of oxazole rings is 1. The summed E-state index contributed by atoms with van der Waals surface area (Å²) in [5.74, 6) is 0.161. The van der Waals surface area contributed by atoms with Crippen LogP contribution in [0.3, 0.4) is 0 Å². The van der Waals surface area contributed by atoms with Crippen molar-refractivity contribution in [3.63, 3.8) is 0 Å². The molecule has 0 spiro atoms. The summed E-state index contributed by atoms with van der Waals surface area (Å²) >= 11 is 11.9. The molecular formula is C16H16Cl2N2O2. The molecule has 116 valence electrons. The SMILES string of the molecule is O=C(NC1CCCCC1)c1coc(-c2ccc(Cl)c(Cl)c2)n1. The van der Waals surface area contributed by atoms with Crippen molar-refractivity contribution in [1.82, 2.24) is 10.3 Å². The molecule has 1 heterocycles. The number of rotatable bonds is 3. The highest BCUT2D eigenvalue weighted by Crippen LogP contribution is 2.28. The van der Waals surface area contributed by atoms with E-state index in [1.165, 1.54) is 12.7 Å². The lowest BCUT2D eigenvalue weighted by atomic mass is 9.95. The van der Waals surface area contributed by atoms with Gasteiger partial charge in [-0.25, -0.2) is 4.98 Å². The average Bonchev–Trinajstić information content (AvgIpc) is 3.01. The predicted octanol–water partition coefficient (Wildman–Crippen LogP) is 4.71. The van der Waals surface area contributed by atoms with Crippen LogP contribution < -0.4 is 5.32 Å². The second-order valence-electron chi connectivity index (χ2n) is 5.48. The van der Waals surface area contributed by atoms with Crippen LogP contribution in [-0.2, 0) is 0 Å². The third kappa shape index (κ3) is 3.45. The molecule has 3 rings (SSSR count). The molecule has 1 aromatic carbocycles. The van der Waals surface area contributed by atoms with Gasteiger partial charge in [-0.3, -0.25) is 4.79 Å². The zero-order chi connectivity index (χ0) is 15.5. The maximum Gasteiger partial charge on any atom is 0.273 e. The van der Waals surface area contributed by atoms with Gasteiger partial charge in [0, 0.05) is 11.6 Å². The first kappa shape index (κ1) is 15.4. The summed E-state index contributed by atoms with van der Waals surface area (Å²) in [6.45, 7) is 0. The van der Waals surface area contributed by atoms with Crippen molar-refractivity contribution in [2.24, 2.45) is 0 Å². The number of amides is 1. The van der Waals surface area contributed by atoms with E-state index in [0.717, 1.165) is 25.7 Å². The molecule has 0 atom stereocenters. The lowest BCUT2D eigenvalue weighted by molar-refractivity contribution is 0.0922. The molecule has 1 aliphatic carbocycles. The predicted molar refractivity (Wildman–Crippen MR) is 86.3 cm³/mol. The van der Waals surface area contributed by atoms with Crippen LogP contribution in [0.2, 0.25) is 10.0 Å². The second kappa shape index (κ2) is 6.71. The number of benzene rings is 1. The molecule has 1 fully saturated rings. The molecule has 0 aliphatic heterocycles. The molecular weight excluding hydrogens is 323 g/mol. The van der Waals surface area contributed by atoms with Gasteiger partial charge in [-0.2, -0.15) is 0 Å². The van der Waals surface area contributed by atoms with Crippen molar-refractivity contribution < 1.29 is 9.21 Å². The average molecular weight is 339 g/mol. The number of halogens is 2. The Morgan fingerprint density at radius 1 is 1.18 bits per heavy atom. The summed E-state index contributed by atoms with van der Waals surface area (Å²) in [5, 5.41) is 3.90. The number of aromatic nitrogens is 1. The van der Waals surface area contributed by atoms with Gasteiger partial charge in [-0.1, -0.05) is 42.5 Å². The number of nitrogens with one attached hydrogen (secondary N) is 1. The quantitative estimate of drug-likeness (QED) is 0.881. The Labute approximate surface area is 138 Å². The van der Waals surface area contributed by atoms with Crippen LogP contribution in [0, 0.1) is 0 Å². The molecule has 0 bridgehead atoms. The van der Waals surface area contributed by atoms with Gasteiger partial charge in [0.25, 0.3) is 5.91 Å². The molecule has 2 aromatic rings. The van der Waals surface area contributed by atoms with Crippen molar-refractivity contribution in [1.29, 1.82) is 0 Å². The highest BCUT2D eigenvalue weighted by atomic mass is 35.5. The molecule has 0 radical (unpaired) electrons. The van der Waals surface area contributed by atoms with Crippen molar-refractivity contribution in [3.05, 3.63) is 40.2 Å². The Morgan fingerprint density at radius 2 is 1.95 bits per heavy atom. The summed E-state index contributed by atoms with van der Waals surface area (Å²) in [4.78, 5) is 16.4. The minimum Gasteiger partial charge on any atom is -0.444 e. The number of carbonyl (C=O) groups is 1. The van der Waals surface area contributed by atoms with Gasteiger partial charge in [0.05, 0.1) is 10.0 Å². The Balaban J connectivity index is 1.72. The highest BCUT2D eigenvalue weighted by Gasteiger charge is 2.19. The summed E-state index contributed by atoms with van der Waals surface area (Å²) < 4.78 is 5.38. The van der Waals surface area contributed by atoms with Crippen molar-refractivity contribution in [3.8, 4) is 11.5 Å². The van der Waals surface area contributed by atoms with Gasteiger partial charge in [0.2, 0.25) is 5.89 Å². The van der Waals surface area contributed by atoms with Crippen LogP contribution in [-0.4, -0.2) is 16.9 Å². The fraction of sp³-hybridized carbons (Fsp3) is 0.375. The molecule has 6 heteroatoms. The van der Waals surface area contributed by atoms with Crippen LogP contribution >= 0.6 is 23.2 Å². The second-order valence-corrected chi connectivity index (χ2v) is 6.29. The van der Waals surface area contributed by atoms with E-state index in [-0.39, 0.29) is 17.6 Å². The van der Waals surface area contributed by atoms with E-state index < -0.39 is 0 Å². The maximum absolute atomic E-state index is 12.2. The highest BCUT2D eigenvalue weighted by molar-refractivity contribution is 6.42. The Morgan fingerprint density at radius 3 is 2.68 bits per heavy atom. The zero-order valence-corrected chi connectivity index (χ0v) is 13.5. The minimum atomic E-state index is -0.193. The Bertz CT molecular complexity index is 679. The summed E-state index contributed by atoms with van der Waals surface area (Å²) in [6, 6.07) is 5.33. The molecule has 0 saturated heterocycles. The van der Waals surface area contributed by atoms with E-state index in [1.54, 1.807) is 18.2 Å². The van der Waals surface area contributed by atoms with Gasteiger partial charge < -0.3 is 9.73 Å². The maximum atomic E-state index is 12.2. The van der Waals surface area contributed by atoms with Crippen LogP contribution in [0.5, 0.6) is 0 Å². The monoisotopic (exact) mass is 338 g/mol. The first-order valence-electron chi connectivity index (χ1n) is 7.35. The number of nitrogens with zero attached hydrogens (tertiary/aromatic N) is 1. The van der Waals surface area contributed by atoms with Crippen molar-refractivity contribution in [2.75, 3.05) is 0 Å². The van der Waals surface area contributed by atoms with Crippen molar-refractivity contribution >= 4 is 29.1 Å². The lowest BCUT2D eigenvalue weighted by Crippen LogP contribution is -2.36. The first-order valence-corrected chi connectivity index (χ1v) is 8.11. The third-order valence-corrected chi connectivity index (χ3v) is 4.58.